The standard InChI is InChI=1S/C8H12Cl2O/c9-7(10)5-6-8(11-6)3-1-2-4-8/h6-7H,1-5H2. The van der Waals surface area contributed by atoms with Crippen molar-refractivity contribution in [3.63, 3.8) is 0 Å². The lowest BCUT2D eigenvalue weighted by atomic mass is 10.0. The van der Waals surface area contributed by atoms with E-state index in [1.165, 1.54) is 25.7 Å². The van der Waals surface area contributed by atoms with Crippen LogP contribution < -0.4 is 0 Å². The monoisotopic (exact) mass is 194 g/mol. The Labute approximate surface area is 77.0 Å². The highest BCUT2D eigenvalue weighted by molar-refractivity contribution is 6.44. The van der Waals surface area contributed by atoms with Crippen LogP contribution in [0.25, 0.3) is 0 Å². The van der Waals surface area contributed by atoms with E-state index in [-0.39, 0.29) is 10.4 Å². The van der Waals surface area contributed by atoms with Crippen molar-refractivity contribution in [3.8, 4) is 0 Å². The largest absolute Gasteiger partial charge is 0.366 e. The van der Waals surface area contributed by atoms with E-state index in [4.69, 9.17) is 27.9 Å². The first-order chi connectivity index (χ1) is 5.23. The van der Waals surface area contributed by atoms with Gasteiger partial charge in [-0.25, -0.2) is 0 Å². The molecule has 64 valence electrons. The highest BCUT2D eigenvalue weighted by Gasteiger charge is 2.57. The maximum Gasteiger partial charge on any atom is 0.110 e. The summed E-state index contributed by atoms with van der Waals surface area (Å²) in [6, 6.07) is 0. The van der Waals surface area contributed by atoms with E-state index in [1.807, 2.05) is 0 Å². The molecule has 1 aliphatic carbocycles. The number of hydrogen-bond donors (Lipinski definition) is 0. The molecule has 1 atom stereocenters. The fourth-order valence-corrected chi connectivity index (χ4v) is 2.41. The SMILES string of the molecule is ClC(Cl)CC1OC12CCCC2. The van der Waals surface area contributed by atoms with Gasteiger partial charge in [-0.3, -0.25) is 0 Å². The molecule has 2 fully saturated rings. The Hall–Kier alpha value is 0.540. The van der Waals surface area contributed by atoms with Crippen molar-refractivity contribution in [1.29, 1.82) is 0 Å². The molecule has 0 aromatic rings. The molecule has 1 saturated carbocycles. The number of alkyl halides is 2. The summed E-state index contributed by atoms with van der Waals surface area (Å²) in [5, 5.41) is 0. The van der Waals surface area contributed by atoms with Gasteiger partial charge in [-0.2, -0.15) is 0 Å². The lowest BCUT2D eigenvalue weighted by molar-refractivity contribution is 0.295. The van der Waals surface area contributed by atoms with Gasteiger partial charge in [-0.05, 0) is 12.8 Å². The van der Waals surface area contributed by atoms with Crippen molar-refractivity contribution in [2.75, 3.05) is 0 Å². The van der Waals surface area contributed by atoms with Crippen molar-refractivity contribution < 1.29 is 4.74 Å². The van der Waals surface area contributed by atoms with E-state index < -0.39 is 0 Å². The van der Waals surface area contributed by atoms with E-state index in [1.54, 1.807) is 0 Å². The molecular weight excluding hydrogens is 183 g/mol. The smallest absolute Gasteiger partial charge is 0.110 e. The first-order valence-electron chi connectivity index (χ1n) is 4.19. The van der Waals surface area contributed by atoms with Gasteiger partial charge in [0.15, 0.2) is 0 Å². The van der Waals surface area contributed by atoms with Crippen LogP contribution in [-0.2, 0) is 4.74 Å². The summed E-state index contributed by atoms with van der Waals surface area (Å²) in [5.74, 6) is 0. The molecule has 1 spiro atoms. The Balaban J connectivity index is 1.84. The predicted molar refractivity (Wildman–Crippen MR) is 46.2 cm³/mol. The third kappa shape index (κ3) is 1.51. The minimum Gasteiger partial charge on any atom is -0.366 e. The molecule has 11 heavy (non-hydrogen) atoms. The molecule has 0 amide bonds. The molecule has 2 aliphatic rings. The zero-order valence-corrected chi connectivity index (χ0v) is 7.87. The van der Waals surface area contributed by atoms with Crippen molar-refractivity contribution in [2.45, 2.75) is 48.6 Å². The van der Waals surface area contributed by atoms with Crippen LogP contribution in [0.3, 0.4) is 0 Å². The summed E-state index contributed by atoms with van der Waals surface area (Å²) in [6.45, 7) is 0. The summed E-state index contributed by atoms with van der Waals surface area (Å²) < 4.78 is 5.61. The molecule has 0 bridgehead atoms. The van der Waals surface area contributed by atoms with Gasteiger partial charge in [-0.15, -0.1) is 23.2 Å². The number of rotatable bonds is 2. The van der Waals surface area contributed by atoms with Crippen LogP contribution in [-0.4, -0.2) is 16.5 Å². The molecule has 1 aliphatic heterocycles. The Morgan fingerprint density at radius 1 is 1.36 bits per heavy atom. The fourth-order valence-electron chi connectivity index (χ4n) is 2.09. The van der Waals surface area contributed by atoms with Gasteiger partial charge in [0.2, 0.25) is 0 Å². The van der Waals surface area contributed by atoms with Crippen LogP contribution in [0, 0.1) is 0 Å². The molecule has 1 heterocycles. The summed E-state index contributed by atoms with van der Waals surface area (Å²) in [7, 11) is 0. The van der Waals surface area contributed by atoms with Crippen LogP contribution in [0.2, 0.25) is 0 Å². The Kier molecular flexibility index (Phi) is 2.07. The number of epoxide rings is 1. The molecule has 1 nitrogen and oxygen atoms in total. The molecule has 1 unspecified atom stereocenters. The van der Waals surface area contributed by atoms with Crippen LogP contribution in [0.15, 0.2) is 0 Å². The molecule has 0 aromatic heterocycles. The molecule has 0 aromatic carbocycles. The lowest BCUT2D eigenvalue weighted by Gasteiger charge is -2.00. The molecule has 0 radical (unpaired) electrons. The zero-order chi connectivity index (χ0) is 7.90. The lowest BCUT2D eigenvalue weighted by Crippen LogP contribution is -2.10. The van der Waals surface area contributed by atoms with Gasteiger partial charge in [0.25, 0.3) is 0 Å². The zero-order valence-electron chi connectivity index (χ0n) is 6.35. The summed E-state index contributed by atoms with van der Waals surface area (Å²) >= 11 is 11.3. The molecular formula is C8H12Cl2O. The molecule has 2 rings (SSSR count). The average Bonchev–Trinajstić information content (AvgIpc) is 2.43. The topological polar surface area (TPSA) is 12.5 Å². The van der Waals surface area contributed by atoms with Crippen LogP contribution in [0.4, 0.5) is 0 Å². The highest BCUT2D eigenvalue weighted by Crippen LogP contribution is 2.51. The second-order valence-corrected chi connectivity index (χ2v) is 4.78. The predicted octanol–water partition coefficient (Wildman–Crippen LogP) is 2.89. The third-order valence-electron chi connectivity index (χ3n) is 2.75. The fraction of sp³-hybridized carbons (Fsp3) is 1.00. The van der Waals surface area contributed by atoms with Gasteiger partial charge in [0.05, 0.1) is 11.7 Å². The van der Waals surface area contributed by atoms with E-state index >= 15 is 0 Å². The van der Waals surface area contributed by atoms with Gasteiger partial charge in [-0.1, -0.05) is 12.8 Å². The van der Waals surface area contributed by atoms with E-state index in [0.717, 1.165) is 6.42 Å². The Bertz CT molecular complexity index is 152. The van der Waals surface area contributed by atoms with Gasteiger partial charge >= 0.3 is 0 Å². The van der Waals surface area contributed by atoms with Gasteiger partial charge in [0, 0.05) is 6.42 Å². The summed E-state index contributed by atoms with van der Waals surface area (Å²) in [6.07, 6.45) is 6.24. The van der Waals surface area contributed by atoms with E-state index in [9.17, 15) is 0 Å². The normalized spacial score (nSPS) is 33.5. The van der Waals surface area contributed by atoms with Gasteiger partial charge in [0.1, 0.15) is 4.84 Å². The highest BCUT2D eigenvalue weighted by atomic mass is 35.5. The van der Waals surface area contributed by atoms with Crippen molar-refractivity contribution in [3.05, 3.63) is 0 Å². The Morgan fingerprint density at radius 3 is 2.55 bits per heavy atom. The number of halogens is 2. The van der Waals surface area contributed by atoms with E-state index in [0.29, 0.717) is 6.10 Å². The minimum atomic E-state index is -0.250. The van der Waals surface area contributed by atoms with Crippen molar-refractivity contribution >= 4 is 23.2 Å². The van der Waals surface area contributed by atoms with Gasteiger partial charge < -0.3 is 4.74 Å². The summed E-state index contributed by atoms with van der Waals surface area (Å²) in [5.41, 5.74) is 0.224. The van der Waals surface area contributed by atoms with Crippen molar-refractivity contribution in [2.24, 2.45) is 0 Å². The maximum atomic E-state index is 5.66. The number of ether oxygens (including phenoxy) is 1. The average molecular weight is 195 g/mol. The maximum absolute atomic E-state index is 5.66. The molecule has 1 saturated heterocycles. The minimum absolute atomic E-state index is 0.224. The number of hydrogen-bond acceptors (Lipinski definition) is 1. The quantitative estimate of drug-likeness (QED) is 0.487. The van der Waals surface area contributed by atoms with Crippen molar-refractivity contribution in [1.82, 2.24) is 0 Å². The second-order valence-electron chi connectivity index (χ2n) is 3.51. The third-order valence-corrected chi connectivity index (χ3v) is 3.11. The molecule has 0 N–H and O–H groups in total. The van der Waals surface area contributed by atoms with Crippen LogP contribution >= 0.6 is 23.2 Å². The Morgan fingerprint density at radius 2 is 2.00 bits per heavy atom. The van der Waals surface area contributed by atoms with Crippen LogP contribution in [0.5, 0.6) is 0 Å². The summed E-state index contributed by atoms with van der Waals surface area (Å²) in [4.78, 5) is -0.250. The first kappa shape index (κ1) is 8.15. The van der Waals surface area contributed by atoms with Crippen LogP contribution in [0.1, 0.15) is 32.1 Å². The first-order valence-corrected chi connectivity index (χ1v) is 5.06. The van der Waals surface area contributed by atoms with E-state index in [2.05, 4.69) is 0 Å². The molecule has 3 heteroatoms. The second kappa shape index (κ2) is 2.79.